The number of benzene rings is 1. The first kappa shape index (κ1) is 19.9. The number of nitro groups is 1. The second-order valence-corrected chi connectivity index (χ2v) is 7.38. The first-order chi connectivity index (χ1) is 13.3. The maximum absolute atomic E-state index is 14.0. The van der Waals surface area contributed by atoms with E-state index in [1.165, 1.54) is 6.07 Å². The van der Waals surface area contributed by atoms with Gasteiger partial charge >= 0.3 is 5.69 Å². The molecule has 0 saturated carbocycles. The lowest BCUT2D eigenvalue weighted by Gasteiger charge is -2.37. The Morgan fingerprint density at radius 3 is 2.61 bits per heavy atom. The number of anilines is 4. The Kier molecular flexibility index (Phi) is 5.96. The third-order valence-corrected chi connectivity index (χ3v) is 4.86. The van der Waals surface area contributed by atoms with E-state index in [1.54, 1.807) is 6.07 Å². The van der Waals surface area contributed by atoms with Crippen LogP contribution in [0.3, 0.4) is 0 Å². The van der Waals surface area contributed by atoms with Crippen LogP contribution < -0.4 is 15.5 Å². The molecule has 1 aromatic heterocycles. The highest BCUT2D eigenvalue weighted by molar-refractivity contribution is 5.69. The Morgan fingerprint density at radius 2 is 1.96 bits per heavy atom. The summed E-state index contributed by atoms with van der Waals surface area (Å²) in [6.07, 6.45) is 0.611. The largest absolute Gasteiger partial charge is 0.368 e. The van der Waals surface area contributed by atoms with E-state index in [2.05, 4.69) is 20.5 Å². The van der Waals surface area contributed by atoms with Crippen LogP contribution in [0.15, 0.2) is 36.4 Å². The summed E-state index contributed by atoms with van der Waals surface area (Å²) in [7, 11) is 0. The normalized spacial score (nSPS) is 19.5. The Bertz CT molecular complexity index is 828. The van der Waals surface area contributed by atoms with Gasteiger partial charge < -0.3 is 15.5 Å². The van der Waals surface area contributed by atoms with Gasteiger partial charge in [-0.3, -0.25) is 10.1 Å². The average molecular weight is 387 g/mol. The van der Waals surface area contributed by atoms with Gasteiger partial charge in [0.05, 0.1) is 11.0 Å². The van der Waals surface area contributed by atoms with Crippen LogP contribution in [-0.2, 0) is 0 Å². The van der Waals surface area contributed by atoms with Crippen molar-refractivity contribution in [3.63, 3.8) is 0 Å². The van der Waals surface area contributed by atoms with E-state index in [0.29, 0.717) is 17.9 Å². The second-order valence-electron chi connectivity index (χ2n) is 7.38. The molecule has 2 aromatic rings. The van der Waals surface area contributed by atoms with Crippen molar-refractivity contribution in [2.45, 2.75) is 51.9 Å². The van der Waals surface area contributed by atoms with Crippen molar-refractivity contribution in [1.82, 2.24) is 4.98 Å². The Balaban J connectivity index is 1.80. The number of hydrogen-bond acceptors (Lipinski definition) is 6. The topological polar surface area (TPSA) is 83.3 Å². The molecule has 2 atom stereocenters. The molecule has 0 spiro atoms. The first-order valence-electron chi connectivity index (χ1n) is 9.55. The highest BCUT2D eigenvalue weighted by Gasteiger charge is 2.27. The predicted molar refractivity (Wildman–Crippen MR) is 110 cm³/mol. The molecule has 28 heavy (non-hydrogen) atoms. The van der Waals surface area contributed by atoms with Crippen LogP contribution in [0.2, 0.25) is 0 Å². The second kappa shape index (κ2) is 8.41. The minimum atomic E-state index is -0.824. The average Bonchev–Trinajstić information content (AvgIpc) is 2.64. The first-order valence-corrected chi connectivity index (χ1v) is 9.55. The molecule has 1 aliphatic rings. The molecular formula is C20H26FN5O2. The van der Waals surface area contributed by atoms with Crippen molar-refractivity contribution in [3.05, 3.63) is 46.5 Å². The lowest BCUT2D eigenvalue weighted by molar-refractivity contribution is -0.384. The molecule has 2 N–H and O–H groups in total. The number of nitrogens with one attached hydrogen (secondary N) is 2. The summed E-state index contributed by atoms with van der Waals surface area (Å²) in [5.74, 6) is 0.745. The maximum Gasteiger partial charge on any atom is 0.311 e. The number of nitrogens with zero attached hydrogens (tertiary/aromatic N) is 3. The van der Waals surface area contributed by atoms with E-state index >= 15 is 0 Å². The SMILES string of the molecule is CC(C)Nc1ccc([N+](=O)[O-])c(Nc2ccc(N3CCCC(F)C3C)cc2)n1. The van der Waals surface area contributed by atoms with Gasteiger partial charge in [-0.05, 0) is 63.9 Å². The Labute approximate surface area is 164 Å². The molecule has 0 bridgehead atoms. The van der Waals surface area contributed by atoms with Crippen LogP contribution in [0.25, 0.3) is 0 Å². The summed E-state index contributed by atoms with van der Waals surface area (Å²) in [6.45, 7) is 6.66. The highest BCUT2D eigenvalue weighted by atomic mass is 19.1. The number of aromatic nitrogens is 1. The Morgan fingerprint density at radius 1 is 1.25 bits per heavy atom. The van der Waals surface area contributed by atoms with Crippen molar-refractivity contribution in [2.24, 2.45) is 0 Å². The lowest BCUT2D eigenvalue weighted by atomic mass is 10.0. The fraction of sp³-hybridized carbons (Fsp3) is 0.450. The van der Waals surface area contributed by atoms with E-state index in [9.17, 15) is 14.5 Å². The van der Waals surface area contributed by atoms with Crippen LogP contribution >= 0.6 is 0 Å². The lowest BCUT2D eigenvalue weighted by Crippen LogP contribution is -2.44. The Hall–Kier alpha value is -2.90. The summed E-state index contributed by atoms with van der Waals surface area (Å²) in [4.78, 5) is 17.3. The van der Waals surface area contributed by atoms with E-state index < -0.39 is 11.1 Å². The molecule has 0 amide bonds. The fourth-order valence-corrected chi connectivity index (χ4v) is 3.40. The molecule has 3 rings (SSSR count). The highest BCUT2D eigenvalue weighted by Crippen LogP contribution is 2.30. The van der Waals surface area contributed by atoms with Crippen LogP contribution in [0, 0.1) is 10.1 Å². The summed E-state index contributed by atoms with van der Waals surface area (Å²) in [6, 6.07) is 10.5. The minimum Gasteiger partial charge on any atom is -0.368 e. The van der Waals surface area contributed by atoms with Crippen LogP contribution in [0.4, 0.5) is 33.1 Å². The third-order valence-electron chi connectivity index (χ3n) is 4.86. The zero-order valence-electron chi connectivity index (χ0n) is 16.4. The van der Waals surface area contributed by atoms with Gasteiger partial charge in [0.15, 0.2) is 0 Å². The van der Waals surface area contributed by atoms with Crippen LogP contribution in [0.1, 0.15) is 33.6 Å². The van der Waals surface area contributed by atoms with E-state index in [4.69, 9.17) is 0 Å². The van der Waals surface area contributed by atoms with E-state index in [0.717, 1.165) is 18.7 Å². The predicted octanol–water partition coefficient (Wildman–Crippen LogP) is 4.88. The number of piperidine rings is 1. The summed E-state index contributed by atoms with van der Waals surface area (Å²) < 4.78 is 14.0. The van der Waals surface area contributed by atoms with E-state index in [-0.39, 0.29) is 23.6 Å². The molecule has 0 radical (unpaired) electrons. The quantitative estimate of drug-likeness (QED) is 0.543. The minimum absolute atomic E-state index is 0.0942. The van der Waals surface area contributed by atoms with Crippen molar-refractivity contribution in [3.8, 4) is 0 Å². The fourth-order valence-electron chi connectivity index (χ4n) is 3.40. The summed E-state index contributed by atoms with van der Waals surface area (Å²) in [5.41, 5.74) is 1.53. The van der Waals surface area contributed by atoms with Crippen LogP contribution in [-0.4, -0.2) is 34.7 Å². The van der Waals surface area contributed by atoms with Crippen molar-refractivity contribution < 1.29 is 9.31 Å². The van der Waals surface area contributed by atoms with E-state index in [1.807, 2.05) is 45.0 Å². The molecule has 7 nitrogen and oxygen atoms in total. The molecule has 1 aliphatic heterocycles. The number of alkyl halides is 1. The monoisotopic (exact) mass is 387 g/mol. The molecular weight excluding hydrogens is 361 g/mol. The number of halogens is 1. The van der Waals surface area contributed by atoms with Gasteiger partial charge in [-0.25, -0.2) is 9.37 Å². The third kappa shape index (κ3) is 4.49. The van der Waals surface area contributed by atoms with Gasteiger partial charge in [-0.1, -0.05) is 0 Å². The molecule has 1 fully saturated rings. The number of pyridine rings is 1. The van der Waals surface area contributed by atoms with Gasteiger partial charge in [0.2, 0.25) is 5.82 Å². The summed E-state index contributed by atoms with van der Waals surface area (Å²) in [5, 5.41) is 17.5. The molecule has 1 saturated heterocycles. The standard InChI is InChI=1S/C20H26FN5O2/c1-13(2)22-19-11-10-18(26(27)28)20(24-19)23-15-6-8-16(9-7-15)25-12-4-5-17(21)14(25)3/h6-11,13-14,17H,4-5,12H2,1-3H3,(H2,22,23,24). The summed E-state index contributed by atoms with van der Waals surface area (Å²) >= 11 is 0. The molecule has 8 heteroatoms. The van der Waals surface area contributed by atoms with Gasteiger partial charge in [0, 0.05) is 30.0 Å². The number of hydrogen-bond donors (Lipinski definition) is 2. The van der Waals surface area contributed by atoms with Gasteiger partial charge in [0.1, 0.15) is 12.0 Å². The number of rotatable bonds is 6. The van der Waals surface area contributed by atoms with Crippen molar-refractivity contribution in [1.29, 1.82) is 0 Å². The zero-order chi connectivity index (χ0) is 20.3. The van der Waals surface area contributed by atoms with Gasteiger partial charge in [-0.2, -0.15) is 0 Å². The molecule has 150 valence electrons. The van der Waals surface area contributed by atoms with Gasteiger partial charge in [0.25, 0.3) is 0 Å². The molecule has 0 aliphatic carbocycles. The zero-order valence-corrected chi connectivity index (χ0v) is 16.4. The molecule has 1 aromatic carbocycles. The van der Waals surface area contributed by atoms with Gasteiger partial charge in [-0.15, -0.1) is 0 Å². The van der Waals surface area contributed by atoms with Crippen LogP contribution in [0.5, 0.6) is 0 Å². The van der Waals surface area contributed by atoms with Crippen molar-refractivity contribution >= 4 is 28.7 Å². The molecule has 2 heterocycles. The van der Waals surface area contributed by atoms with Crippen molar-refractivity contribution in [2.75, 3.05) is 22.1 Å². The molecule has 2 unspecified atom stereocenters. The maximum atomic E-state index is 14.0. The smallest absolute Gasteiger partial charge is 0.311 e.